The Morgan fingerprint density at radius 1 is 1.31 bits per heavy atom. The first-order valence-corrected chi connectivity index (χ1v) is 7.76. The van der Waals surface area contributed by atoms with E-state index >= 15 is 0 Å². The number of nitrogens with zero attached hydrogens (tertiary/aromatic N) is 5. The van der Waals surface area contributed by atoms with Crippen LogP contribution in [0.2, 0.25) is 0 Å². The number of nitrogen functional groups attached to an aromatic ring is 1. The van der Waals surface area contributed by atoms with Gasteiger partial charge < -0.3 is 10.5 Å². The van der Waals surface area contributed by atoms with Gasteiger partial charge in [-0.15, -0.1) is 0 Å². The second-order valence-electron chi connectivity index (χ2n) is 5.34. The number of aryl methyl sites for hydroxylation is 1. The van der Waals surface area contributed by atoms with E-state index in [0.29, 0.717) is 5.69 Å². The van der Waals surface area contributed by atoms with Crippen LogP contribution in [-0.2, 0) is 4.74 Å². The first-order valence-electron chi connectivity index (χ1n) is 7.76. The number of aromatic nitrogens is 4. The predicted octanol–water partition coefficient (Wildman–Crippen LogP) is 2.03. The summed E-state index contributed by atoms with van der Waals surface area (Å²) in [5.74, 6) is -0.684. The Kier molecular flexibility index (Phi) is 4.40. The van der Waals surface area contributed by atoms with Gasteiger partial charge in [-0.25, -0.2) is 9.48 Å². The van der Waals surface area contributed by atoms with Gasteiger partial charge >= 0.3 is 11.7 Å². The quantitative estimate of drug-likeness (QED) is 0.420. The molecule has 0 saturated carbocycles. The number of anilines is 1. The van der Waals surface area contributed by atoms with Gasteiger partial charge in [0.15, 0.2) is 0 Å². The van der Waals surface area contributed by atoms with Crippen LogP contribution >= 0.6 is 0 Å². The number of carbonyl (C=O) groups excluding carboxylic acids is 1. The summed E-state index contributed by atoms with van der Waals surface area (Å²) in [5, 5.41) is 19.9. The summed E-state index contributed by atoms with van der Waals surface area (Å²) in [6, 6.07) is 8.85. The van der Waals surface area contributed by atoms with Gasteiger partial charge in [0.05, 0.1) is 23.4 Å². The molecule has 0 atom stereocenters. The van der Waals surface area contributed by atoms with Crippen LogP contribution in [0, 0.1) is 17.0 Å². The number of esters is 1. The normalized spacial score (nSPS) is 10.7. The first kappa shape index (κ1) is 17.1. The van der Waals surface area contributed by atoms with Crippen molar-refractivity contribution in [1.82, 2.24) is 19.6 Å². The van der Waals surface area contributed by atoms with Crippen LogP contribution in [0.15, 0.2) is 36.5 Å². The Hall–Kier alpha value is -3.69. The Morgan fingerprint density at radius 3 is 2.62 bits per heavy atom. The van der Waals surface area contributed by atoms with Crippen molar-refractivity contribution in [3.63, 3.8) is 0 Å². The Balaban J connectivity index is 2.25. The monoisotopic (exact) mass is 356 g/mol. The highest BCUT2D eigenvalue weighted by atomic mass is 16.6. The van der Waals surface area contributed by atoms with Gasteiger partial charge in [-0.05, 0) is 26.0 Å². The van der Waals surface area contributed by atoms with Gasteiger partial charge in [0.1, 0.15) is 17.1 Å². The smallest absolute Gasteiger partial charge is 0.343 e. The van der Waals surface area contributed by atoms with Gasteiger partial charge in [-0.1, -0.05) is 18.2 Å². The summed E-state index contributed by atoms with van der Waals surface area (Å²) in [4.78, 5) is 23.0. The van der Waals surface area contributed by atoms with Crippen molar-refractivity contribution in [2.45, 2.75) is 13.8 Å². The molecule has 26 heavy (non-hydrogen) atoms. The summed E-state index contributed by atoms with van der Waals surface area (Å²) >= 11 is 0. The molecule has 0 saturated heterocycles. The number of rotatable bonds is 5. The van der Waals surface area contributed by atoms with Gasteiger partial charge in [0.2, 0.25) is 5.82 Å². The molecule has 0 aliphatic carbocycles. The fourth-order valence-electron chi connectivity index (χ4n) is 2.55. The van der Waals surface area contributed by atoms with E-state index in [1.165, 1.54) is 17.8 Å². The summed E-state index contributed by atoms with van der Waals surface area (Å²) in [6.07, 6.45) is 1.22. The zero-order valence-electron chi connectivity index (χ0n) is 14.1. The molecule has 3 rings (SSSR count). The number of nitrogens with two attached hydrogens (primary N) is 1. The number of hydrogen-bond donors (Lipinski definition) is 1. The summed E-state index contributed by atoms with van der Waals surface area (Å²) < 4.78 is 7.42. The number of benzene rings is 1. The lowest BCUT2D eigenvalue weighted by Crippen LogP contribution is -2.13. The van der Waals surface area contributed by atoms with Crippen LogP contribution in [0.1, 0.15) is 23.0 Å². The molecule has 0 amide bonds. The number of para-hydroxylation sites is 1. The molecule has 134 valence electrons. The van der Waals surface area contributed by atoms with Crippen molar-refractivity contribution in [3.8, 4) is 11.5 Å². The minimum Gasteiger partial charge on any atom is -0.462 e. The molecule has 3 aromatic rings. The van der Waals surface area contributed by atoms with E-state index in [-0.39, 0.29) is 35.2 Å². The molecule has 1 aromatic carbocycles. The third kappa shape index (κ3) is 2.77. The predicted molar refractivity (Wildman–Crippen MR) is 92.4 cm³/mol. The lowest BCUT2D eigenvalue weighted by Gasteiger charge is -2.08. The highest BCUT2D eigenvalue weighted by Crippen LogP contribution is 2.31. The van der Waals surface area contributed by atoms with Crippen LogP contribution in [0.4, 0.5) is 11.5 Å². The molecule has 10 heteroatoms. The van der Waals surface area contributed by atoms with Crippen LogP contribution in [0.5, 0.6) is 0 Å². The fraction of sp³-hybridized carbons (Fsp3) is 0.188. The van der Waals surface area contributed by atoms with E-state index in [0.717, 1.165) is 4.68 Å². The molecule has 0 unspecified atom stereocenters. The summed E-state index contributed by atoms with van der Waals surface area (Å²) in [7, 11) is 0. The maximum Gasteiger partial charge on any atom is 0.343 e. The lowest BCUT2D eigenvalue weighted by atomic mass is 10.3. The largest absolute Gasteiger partial charge is 0.462 e. The minimum absolute atomic E-state index is 0.0274. The van der Waals surface area contributed by atoms with Crippen molar-refractivity contribution >= 4 is 17.5 Å². The first-order chi connectivity index (χ1) is 12.5. The van der Waals surface area contributed by atoms with E-state index < -0.39 is 10.9 Å². The highest BCUT2D eigenvalue weighted by Gasteiger charge is 2.31. The molecule has 0 fully saturated rings. The molecular weight excluding hydrogens is 340 g/mol. The van der Waals surface area contributed by atoms with Crippen molar-refractivity contribution in [1.29, 1.82) is 0 Å². The molecule has 2 heterocycles. The van der Waals surface area contributed by atoms with Gasteiger partial charge in [0, 0.05) is 0 Å². The molecular formula is C16H16N6O4. The molecule has 10 nitrogen and oxygen atoms in total. The number of carbonyl (C=O) groups is 1. The van der Waals surface area contributed by atoms with Crippen LogP contribution in [0.3, 0.4) is 0 Å². The number of ether oxygens (including phenoxy) is 1. The van der Waals surface area contributed by atoms with Crippen LogP contribution < -0.4 is 5.73 Å². The zero-order chi connectivity index (χ0) is 18.8. The fourth-order valence-corrected chi connectivity index (χ4v) is 2.55. The number of hydrogen-bond acceptors (Lipinski definition) is 7. The van der Waals surface area contributed by atoms with Crippen LogP contribution in [0.25, 0.3) is 11.5 Å². The van der Waals surface area contributed by atoms with Gasteiger partial charge in [0.25, 0.3) is 0 Å². The van der Waals surface area contributed by atoms with Gasteiger partial charge in [-0.2, -0.15) is 14.9 Å². The molecule has 2 aromatic heterocycles. The Morgan fingerprint density at radius 2 is 2.00 bits per heavy atom. The Labute approximate surface area is 147 Å². The molecule has 0 radical (unpaired) electrons. The van der Waals surface area contributed by atoms with Crippen molar-refractivity contribution < 1.29 is 14.5 Å². The van der Waals surface area contributed by atoms with E-state index in [2.05, 4.69) is 10.2 Å². The molecule has 0 aliphatic heterocycles. The molecule has 0 bridgehead atoms. The lowest BCUT2D eigenvalue weighted by molar-refractivity contribution is -0.385. The molecule has 0 aliphatic rings. The molecule has 0 spiro atoms. The van der Waals surface area contributed by atoms with E-state index in [9.17, 15) is 14.9 Å². The third-order valence-electron chi connectivity index (χ3n) is 3.69. The molecule has 2 N–H and O–H groups in total. The number of nitro groups is 1. The van der Waals surface area contributed by atoms with E-state index in [4.69, 9.17) is 10.5 Å². The maximum atomic E-state index is 12.0. The van der Waals surface area contributed by atoms with Crippen LogP contribution in [-0.4, -0.2) is 37.1 Å². The average molecular weight is 356 g/mol. The van der Waals surface area contributed by atoms with Crippen molar-refractivity contribution in [2.24, 2.45) is 0 Å². The third-order valence-corrected chi connectivity index (χ3v) is 3.69. The summed E-state index contributed by atoms with van der Waals surface area (Å²) in [6.45, 7) is 3.36. The van der Waals surface area contributed by atoms with E-state index in [1.54, 1.807) is 31.2 Å². The minimum atomic E-state index is -0.651. The van der Waals surface area contributed by atoms with E-state index in [1.807, 2.05) is 6.07 Å². The average Bonchev–Trinajstić information content (AvgIpc) is 3.15. The standard InChI is InChI=1S/C16H16N6O4/c1-3-26-16(23)12-9-18-21(14(12)17)15-13(22(24)25)10(2)19-20(15)11-7-5-4-6-8-11/h4-9H,3,17H2,1-2H3. The summed E-state index contributed by atoms with van der Waals surface area (Å²) in [5.41, 5.74) is 6.59. The zero-order valence-corrected chi connectivity index (χ0v) is 14.1. The van der Waals surface area contributed by atoms with Gasteiger partial charge in [-0.3, -0.25) is 10.1 Å². The SMILES string of the molecule is CCOC(=O)c1cnn(-c2c([N+](=O)[O-])c(C)nn2-c2ccccc2)c1N. The highest BCUT2D eigenvalue weighted by molar-refractivity contribution is 5.94. The maximum absolute atomic E-state index is 12.0. The topological polar surface area (TPSA) is 131 Å². The second kappa shape index (κ2) is 6.67. The second-order valence-corrected chi connectivity index (χ2v) is 5.34. The Bertz CT molecular complexity index is 976. The van der Waals surface area contributed by atoms with Crippen molar-refractivity contribution in [3.05, 3.63) is 57.9 Å². The van der Waals surface area contributed by atoms with Crippen molar-refractivity contribution in [2.75, 3.05) is 12.3 Å².